The fourth-order valence-electron chi connectivity index (χ4n) is 2.11. The topological polar surface area (TPSA) is 81.9 Å². The summed E-state index contributed by atoms with van der Waals surface area (Å²) in [6.07, 6.45) is -0.195. The van der Waals surface area contributed by atoms with Crippen LogP contribution in [0.4, 0.5) is 10.1 Å². The van der Waals surface area contributed by atoms with E-state index in [4.69, 9.17) is 15.2 Å². The number of halogens is 1. The first-order chi connectivity index (χ1) is 9.36. The van der Waals surface area contributed by atoms with Crippen molar-refractivity contribution in [3.63, 3.8) is 0 Å². The molecule has 1 aliphatic rings. The summed E-state index contributed by atoms with van der Waals surface area (Å²) in [6, 6.07) is 2.13. The van der Waals surface area contributed by atoms with Gasteiger partial charge in [0.1, 0.15) is 0 Å². The molecular weight excluding hydrogens is 287 g/mol. The molecule has 1 fully saturated rings. The molecule has 1 atom stereocenters. The SMILES string of the molecule is COc1c(N)cc(S(=O)(=O)N2CCOC(C)C2)cc1F. The molecule has 0 bridgehead atoms. The van der Waals surface area contributed by atoms with E-state index in [1.54, 1.807) is 6.92 Å². The molecule has 1 aromatic carbocycles. The maximum Gasteiger partial charge on any atom is 0.243 e. The summed E-state index contributed by atoms with van der Waals surface area (Å²) in [7, 11) is -2.52. The van der Waals surface area contributed by atoms with E-state index in [0.29, 0.717) is 6.61 Å². The fraction of sp³-hybridized carbons (Fsp3) is 0.500. The Labute approximate surface area is 117 Å². The van der Waals surface area contributed by atoms with Crippen LogP contribution in [0.3, 0.4) is 0 Å². The second kappa shape index (κ2) is 5.55. The molecule has 0 radical (unpaired) electrons. The van der Waals surface area contributed by atoms with Crippen LogP contribution in [-0.4, -0.2) is 45.6 Å². The predicted molar refractivity (Wildman–Crippen MR) is 71.5 cm³/mol. The van der Waals surface area contributed by atoms with Crippen LogP contribution < -0.4 is 10.5 Å². The van der Waals surface area contributed by atoms with Crippen LogP contribution >= 0.6 is 0 Å². The highest BCUT2D eigenvalue weighted by atomic mass is 32.2. The molecule has 2 rings (SSSR count). The van der Waals surface area contributed by atoms with Gasteiger partial charge < -0.3 is 15.2 Å². The van der Waals surface area contributed by atoms with Gasteiger partial charge in [-0.05, 0) is 19.1 Å². The average Bonchev–Trinajstić information content (AvgIpc) is 2.38. The van der Waals surface area contributed by atoms with Crippen LogP contribution in [0.5, 0.6) is 5.75 Å². The minimum Gasteiger partial charge on any atom is -0.492 e. The first kappa shape index (κ1) is 15.0. The monoisotopic (exact) mass is 304 g/mol. The molecule has 6 nitrogen and oxygen atoms in total. The van der Waals surface area contributed by atoms with Crippen molar-refractivity contribution >= 4 is 15.7 Å². The van der Waals surface area contributed by atoms with Gasteiger partial charge in [-0.1, -0.05) is 0 Å². The van der Waals surface area contributed by atoms with Gasteiger partial charge >= 0.3 is 0 Å². The third-order valence-corrected chi connectivity index (χ3v) is 4.93. The van der Waals surface area contributed by atoms with Crippen LogP contribution in [0.25, 0.3) is 0 Å². The normalized spacial score (nSPS) is 20.9. The molecule has 1 aromatic rings. The average molecular weight is 304 g/mol. The molecule has 1 unspecified atom stereocenters. The van der Waals surface area contributed by atoms with Crippen molar-refractivity contribution in [2.24, 2.45) is 0 Å². The second-order valence-corrected chi connectivity index (χ2v) is 6.51. The minimum atomic E-state index is -3.79. The van der Waals surface area contributed by atoms with Gasteiger partial charge in [-0.25, -0.2) is 12.8 Å². The number of sulfonamides is 1. The Morgan fingerprint density at radius 2 is 2.20 bits per heavy atom. The van der Waals surface area contributed by atoms with Crippen molar-refractivity contribution in [3.8, 4) is 5.75 Å². The molecule has 0 amide bonds. The lowest BCUT2D eigenvalue weighted by Gasteiger charge is -2.30. The number of hydrogen-bond donors (Lipinski definition) is 1. The zero-order chi connectivity index (χ0) is 14.9. The van der Waals surface area contributed by atoms with Crippen molar-refractivity contribution < 1.29 is 22.3 Å². The number of anilines is 1. The lowest BCUT2D eigenvalue weighted by Crippen LogP contribution is -2.44. The van der Waals surface area contributed by atoms with E-state index in [0.717, 1.165) is 6.07 Å². The van der Waals surface area contributed by atoms with Crippen molar-refractivity contribution in [3.05, 3.63) is 17.9 Å². The molecule has 0 aromatic heterocycles. The second-order valence-electron chi connectivity index (χ2n) is 4.57. The summed E-state index contributed by atoms with van der Waals surface area (Å²) in [5.74, 6) is -0.952. The first-order valence-electron chi connectivity index (χ1n) is 6.11. The van der Waals surface area contributed by atoms with Crippen LogP contribution in [0, 0.1) is 5.82 Å². The Bertz CT molecular complexity index is 582. The smallest absolute Gasteiger partial charge is 0.243 e. The largest absolute Gasteiger partial charge is 0.492 e. The van der Waals surface area contributed by atoms with Gasteiger partial charge in [0.05, 0.1) is 30.4 Å². The molecule has 0 saturated carbocycles. The molecular formula is C12H17FN2O4S. The lowest BCUT2D eigenvalue weighted by molar-refractivity contribution is 0.0102. The summed E-state index contributed by atoms with van der Waals surface area (Å²) in [4.78, 5) is -0.178. The number of morpholine rings is 1. The van der Waals surface area contributed by atoms with Crippen molar-refractivity contribution in [1.29, 1.82) is 0 Å². The predicted octanol–water partition coefficient (Wildman–Crippen LogP) is 0.826. The van der Waals surface area contributed by atoms with E-state index >= 15 is 0 Å². The Morgan fingerprint density at radius 3 is 2.75 bits per heavy atom. The molecule has 8 heteroatoms. The highest BCUT2D eigenvalue weighted by Gasteiger charge is 2.30. The standard InChI is InChI=1S/C12H17FN2O4S/c1-8-7-15(3-4-19-8)20(16,17)9-5-10(13)12(18-2)11(14)6-9/h5-6,8H,3-4,7,14H2,1-2H3. The third-order valence-electron chi connectivity index (χ3n) is 3.09. The summed E-state index contributed by atoms with van der Waals surface area (Å²) in [6.45, 7) is 2.56. The molecule has 2 N–H and O–H groups in total. The van der Waals surface area contributed by atoms with E-state index in [1.807, 2.05) is 0 Å². The number of nitrogens with zero attached hydrogens (tertiary/aromatic N) is 1. The third kappa shape index (κ3) is 2.72. The summed E-state index contributed by atoms with van der Waals surface area (Å²) < 4.78 is 50.0. The zero-order valence-electron chi connectivity index (χ0n) is 11.3. The van der Waals surface area contributed by atoms with Crippen molar-refractivity contribution in [2.75, 3.05) is 32.5 Å². The zero-order valence-corrected chi connectivity index (χ0v) is 12.1. The van der Waals surface area contributed by atoms with Crippen molar-refractivity contribution in [2.45, 2.75) is 17.9 Å². The van der Waals surface area contributed by atoms with E-state index in [2.05, 4.69) is 0 Å². The fourth-order valence-corrected chi connectivity index (χ4v) is 3.65. The summed E-state index contributed by atoms with van der Waals surface area (Å²) in [5, 5.41) is 0. The highest BCUT2D eigenvalue weighted by molar-refractivity contribution is 7.89. The molecule has 0 spiro atoms. The van der Waals surface area contributed by atoms with Crippen LogP contribution in [0.15, 0.2) is 17.0 Å². The van der Waals surface area contributed by atoms with Crippen LogP contribution in [0.1, 0.15) is 6.92 Å². The lowest BCUT2D eigenvalue weighted by atomic mass is 10.3. The molecule has 0 aliphatic carbocycles. The number of benzene rings is 1. The molecule has 20 heavy (non-hydrogen) atoms. The summed E-state index contributed by atoms with van der Waals surface area (Å²) in [5.41, 5.74) is 5.56. The van der Waals surface area contributed by atoms with E-state index in [-0.39, 0.29) is 35.5 Å². The Balaban J connectivity index is 2.39. The van der Waals surface area contributed by atoms with Gasteiger partial charge in [-0.3, -0.25) is 0 Å². The van der Waals surface area contributed by atoms with Crippen molar-refractivity contribution in [1.82, 2.24) is 4.31 Å². The maximum atomic E-state index is 13.8. The van der Waals surface area contributed by atoms with Gasteiger partial charge in [0.15, 0.2) is 11.6 Å². The van der Waals surface area contributed by atoms with Gasteiger partial charge in [0, 0.05) is 13.1 Å². The van der Waals surface area contributed by atoms with Gasteiger partial charge in [-0.2, -0.15) is 4.31 Å². The quantitative estimate of drug-likeness (QED) is 0.836. The van der Waals surface area contributed by atoms with Gasteiger partial charge in [0.2, 0.25) is 10.0 Å². The number of nitrogen functional groups attached to an aromatic ring is 1. The first-order valence-corrected chi connectivity index (χ1v) is 7.55. The number of rotatable bonds is 3. The Kier molecular flexibility index (Phi) is 4.17. The van der Waals surface area contributed by atoms with Crippen LogP contribution in [-0.2, 0) is 14.8 Å². The highest BCUT2D eigenvalue weighted by Crippen LogP contribution is 2.30. The number of nitrogens with two attached hydrogens (primary N) is 1. The van der Waals surface area contributed by atoms with Crippen LogP contribution in [0.2, 0.25) is 0 Å². The molecule has 1 saturated heterocycles. The number of hydrogen-bond acceptors (Lipinski definition) is 5. The molecule has 112 valence electrons. The number of ether oxygens (including phenoxy) is 2. The minimum absolute atomic E-state index is 0.0487. The molecule has 1 heterocycles. The van der Waals surface area contributed by atoms with E-state index < -0.39 is 15.8 Å². The van der Waals surface area contributed by atoms with Gasteiger partial charge in [-0.15, -0.1) is 0 Å². The number of methoxy groups -OCH3 is 1. The summed E-state index contributed by atoms with van der Waals surface area (Å²) >= 11 is 0. The Hall–Kier alpha value is -1.38. The maximum absolute atomic E-state index is 13.8. The Morgan fingerprint density at radius 1 is 1.50 bits per heavy atom. The van der Waals surface area contributed by atoms with Gasteiger partial charge in [0.25, 0.3) is 0 Å². The van der Waals surface area contributed by atoms with E-state index in [9.17, 15) is 12.8 Å². The van der Waals surface area contributed by atoms with E-state index in [1.165, 1.54) is 17.5 Å². The molecule has 1 aliphatic heterocycles.